The summed E-state index contributed by atoms with van der Waals surface area (Å²) in [6.45, 7) is 1.14. The SMILES string of the molecule is COc1ccc(OC)c(CCCCNC2CC2)c1. The Morgan fingerprint density at radius 2 is 2.00 bits per heavy atom. The van der Waals surface area contributed by atoms with E-state index >= 15 is 0 Å². The lowest BCUT2D eigenvalue weighted by atomic mass is 10.1. The molecular formula is C15H23NO2. The van der Waals surface area contributed by atoms with E-state index in [0.717, 1.165) is 30.5 Å². The van der Waals surface area contributed by atoms with Gasteiger partial charge in [-0.15, -0.1) is 0 Å². The summed E-state index contributed by atoms with van der Waals surface area (Å²) in [6.07, 6.45) is 6.18. The zero-order valence-corrected chi connectivity index (χ0v) is 11.4. The molecule has 100 valence electrons. The number of methoxy groups -OCH3 is 2. The molecule has 3 nitrogen and oxygen atoms in total. The Morgan fingerprint density at radius 3 is 2.67 bits per heavy atom. The molecule has 1 aliphatic rings. The molecule has 0 heterocycles. The van der Waals surface area contributed by atoms with Gasteiger partial charge in [0.15, 0.2) is 0 Å². The van der Waals surface area contributed by atoms with Crippen LogP contribution >= 0.6 is 0 Å². The maximum absolute atomic E-state index is 5.38. The number of ether oxygens (including phenoxy) is 2. The third kappa shape index (κ3) is 3.91. The summed E-state index contributed by atoms with van der Waals surface area (Å²) in [5, 5.41) is 3.54. The second-order valence-corrected chi connectivity index (χ2v) is 4.86. The molecule has 1 saturated carbocycles. The Labute approximate surface area is 109 Å². The quantitative estimate of drug-likeness (QED) is 0.719. The van der Waals surface area contributed by atoms with E-state index in [1.165, 1.54) is 31.2 Å². The average Bonchev–Trinajstić information content (AvgIpc) is 3.22. The Morgan fingerprint density at radius 1 is 1.17 bits per heavy atom. The molecule has 1 aromatic rings. The fraction of sp³-hybridized carbons (Fsp3) is 0.600. The molecule has 0 saturated heterocycles. The maximum atomic E-state index is 5.38. The van der Waals surface area contributed by atoms with Crippen molar-refractivity contribution in [2.75, 3.05) is 20.8 Å². The molecule has 1 N–H and O–H groups in total. The van der Waals surface area contributed by atoms with E-state index < -0.39 is 0 Å². The number of nitrogens with one attached hydrogen (secondary N) is 1. The van der Waals surface area contributed by atoms with Gasteiger partial charge < -0.3 is 14.8 Å². The summed E-state index contributed by atoms with van der Waals surface area (Å²) in [5.41, 5.74) is 1.24. The first kappa shape index (κ1) is 13.2. The maximum Gasteiger partial charge on any atom is 0.122 e. The van der Waals surface area contributed by atoms with E-state index in [0.29, 0.717) is 0 Å². The van der Waals surface area contributed by atoms with E-state index in [2.05, 4.69) is 11.4 Å². The number of aryl methyl sites for hydroxylation is 1. The summed E-state index contributed by atoms with van der Waals surface area (Å²) >= 11 is 0. The topological polar surface area (TPSA) is 30.5 Å². The molecule has 0 bridgehead atoms. The summed E-state index contributed by atoms with van der Waals surface area (Å²) < 4.78 is 10.6. The summed E-state index contributed by atoms with van der Waals surface area (Å²) in [4.78, 5) is 0. The van der Waals surface area contributed by atoms with Crippen molar-refractivity contribution in [3.05, 3.63) is 23.8 Å². The summed E-state index contributed by atoms with van der Waals surface area (Å²) in [6, 6.07) is 6.82. The van der Waals surface area contributed by atoms with Crippen LogP contribution in [0.3, 0.4) is 0 Å². The zero-order valence-electron chi connectivity index (χ0n) is 11.4. The Hall–Kier alpha value is -1.22. The Kier molecular flexibility index (Phi) is 4.88. The lowest BCUT2D eigenvalue weighted by molar-refractivity contribution is 0.398. The van der Waals surface area contributed by atoms with Crippen molar-refractivity contribution in [1.29, 1.82) is 0 Å². The molecule has 1 fully saturated rings. The second-order valence-electron chi connectivity index (χ2n) is 4.86. The van der Waals surface area contributed by atoms with Crippen LogP contribution in [0.5, 0.6) is 11.5 Å². The molecular weight excluding hydrogens is 226 g/mol. The van der Waals surface area contributed by atoms with Crippen LogP contribution in [0.4, 0.5) is 0 Å². The van der Waals surface area contributed by atoms with Crippen molar-refractivity contribution in [2.24, 2.45) is 0 Å². The lowest BCUT2D eigenvalue weighted by Gasteiger charge is -2.10. The highest BCUT2D eigenvalue weighted by molar-refractivity contribution is 5.40. The minimum absolute atomic E-state index is 0.816. The van der Waals surface area contributed by atoms with E-state index in [9.17, 15) is 0 Å². The fourth-order valence-electron chi connectivity index (χ4n) is 2.11. The van der Waals surface area contributed by atoms with Crippen LogP contribution in [0.25, 0.3) is 0 Å². The van der Waals surface area contributed by atoms with Crippen LogP contribution in [0.15, 0.2) is 18.2 Å². The number of hydrogen-bond donors (Lipinski definition) is 1. The van der Waals surface area contributed by atoms with Gasteiger partial charge in [0.05, 0.1) is 14.2 Å². The monoisotopic (exact) mass is 249 g/mol. The van der Waals surface area contributed by atoms with E-state index in [1.807, 2.05) is 12.1 Å². The van der Waals surface area contributed by atoms with Gasteiger partial charge in [0, 0.05) is 6.04 Å². The van der Waals surface area contributed by atoms with Crippen molar-refractivity contribution in [1.82, 2.24) is 5.32 Å². The minimum atomic E-state index is 0.816. The molecule has 0 atom stereocenters. The van der Waals surface area contributed by atoms with Gasteiger partial charge in [-0.1, -0.05) is 0 Å². The standard InChI is InChI=1S/C15H23NO2/c1-17-14-8-9-15(18-2)12(11-14)5-3-4-10-16-13-6-7-13/h8-9,11,13,16H,3-7,10H2,1-2H3. The van der Waals surface area contributed by atoms with Crippen molar-refractivity contribution in [2.45, 2.75) is 38.1 Å². The van der Waals surface area contributed by atoms with E-state index in [4.69, 9.17) is 9.47 Å². The normalized spacial score (nSPS) is 14.6. The predicted molar refractivity (Wildman–Crippen MR) is 73.5 cm³/mol. The first-order valence-corrected chi connectivity index (χ1v) is 6.78. The van der Waals surface area contributed by atoms with Gasteiger partial charge in [-0.2, -0.15) is 0 Å². The van der Waals surface area contributed by atoms with Crippen LogP contribution in [0, 0.1) is 0 Å². The van der Waals surface area contributed by atoms with E-state index in [-0.39, 0.29) is 0 Å². The molecule has 0 amide bonds. The molecule has 2 rings (SSSR count). The number of benzene rings is 1. The third-order valence-electron chi connectivity index (χ3n) is 3.37. The predicted octanol–water partition coefficient (Wildman–Crippen LogP) is 2.78. The van der Waals surface area contributed by atoms with Gasteiger partial charge >= 0.3 is 0 Å². The fourth-order valence-corrected chi connectivity index (χ4v) is 2.11. The van der Waals surface area contributed by atoms with Crippen LogP contribution in [0.2, 0.25) is 0 Å². The molecule has 0 radical (unpaired) electrons. The highest BCUT2D eigenvalue weighted by Crippen LogP contribution is 2.25. The molecule has 1 aliphatic carbocycles. The summed E-state index contributed by atoms with van der Waals surface area (Å²) in [5.74, 6) is 1.87. The van der Waals surface area contributed by atoms with E-state index in [1.54, 1.807) is 14.2 Å². The first-order valence-electron chi connectivity index (χ1n) is 6.78. The van der Waals surface area contributed by atoms with Crippen molar-refractivity contribution < 1.29 is 9.47 Å². The largest absolute Gasteiger partial charge is 0.497 e. The van der Waals surface area contributed by atoms with Crippen molar-refractivity contribution in [3.63, 3.8) is 0 Å². The molecule has 3 heteroatoms. The smallest absolute Gasteiger partial charge is 0.122 e. The van der Waals surface area contributed by atoms with Crippen LogP contribution < -0.4 is 14.8 Å². The highest BCUT2D eigenvalue weighted by Gasteiger charge is 2.19. The van der Waals surface area contributed by atoms with Crippen LogP contribution in [-0.4, -0.2) is 26.8 Å². The number of unbranched alkanes of at least 4 members (excludes halogenated alkanes) is 1. The minimum Gasteiger partial charge on any atom is -0.497 e. The van der Waals surface area contributed by atoms with Gasteiger partial charge in [0.1, 0.15) is 11.5 Å². The molecule has 18 heavy (non-hydrogen) atoms. The molecule has 0 unspecified atom stereocenters. The molecule has 0 spiro atoms. The van der Waals surface area contributed by atoms with Crippen LogP contribution in [-0.2, 0) is 6.42 Å². The van der Waals surface area contributed by atoms with Gasteiger partial charge in [-0.3, -0.25) is 0 Å². The molecule has 0 aliphatic heterocycles. The van der Waals surface area contributed by atoms with Crippen molar-refractivity contribution in [3.8, 4) is 11.5 Å². The average molecular weight is 249 g/mol. The zero-order chi connectivity index (χ0) is 12.8. The first-order chi connectivity index (χ1) is 8.83. The number of hydrogen-bond acceptors (Lipinski definition) is 3. The second kappa shape index (κ2) is 6.64. The van der Waals surface area contributed by atoms with Crippen LogP contribution in [0.1, 0.15) is 31.2 Å². The lowest BCUT2D eigenvalue weighted by Crippen LogP contribution is -2.17. The Bertz CT molecular complexity index is 375. The van der Waals surface area contributed by atoms with Gasteiger partial charge in [0.2, 0.25) is 0 Å². The summed E-state index contributed by atoms with van der Waals surface area (Å²) in [7, 11) is 3.42. The van der Waals surface area contributed by atoms with Gasteiger partial charge in [0.25, 0.3) is 0 Å². The van der Waals surface area contributed by atoms with Crippen molar-refractivity contribution >= 4 is 0 Å². The molecule has 1 aromatic carbocycles. The Balaban J connectivity index is 1.78. The van der Waals surface area contributed by atoms with Gasteiger partial charge in [-0.25, -0.2) is 0 Å². The van der Waals surface area contributed by atoms with Gasteiger partial charge in [-0.05, 0) is 62.4 Å². The third-order valence-corrected chi connectivity index (χ3v) is 3.37. The number of rotatable bonds is 8. The molecule has 0 aromatic heterocycles. The highest BCUT2D eigenvalue weighted by atomic mass is 16.5.